The number of sulfonamides is 1. The molecule has 1 aliphatic rings. The van der Waals surface area contributed by atoms with Gasteiger partial charge >= 0.3 is 4.87 Å². The molecule has 1 aromatic carbocycles. The summed E-state index contributed by atoms with van der Waals surface area (Å²) in [5.41, 5.74) is 0.783. The van der Waals surface area contributed by atoms with Crippen molar-refractivity contribution in [2.24, 2.45) is 0 Å². The molecule has 3 rings (SSSR count). The molecule has 0 N–H and O–H groups in total. The Morgan fingerprint density at radius 2 is 1.91 bits per heavy atom. The summed E-state index contributed by atoms with van der Waals surface area (Å²) in [6.07, 6.45) is 0. The smallest absolute Gasteiger partial charge is 0.308 e. The van der Waals surface area contributed by atoms with E-state index in [2.05, 4.69) is 0 Å². The standard InChI is InChI=1S/C14H18N2O4S2/c1-10(2)16-12-4-3-11(9-13(12)21-14(16)17)22(18,19)15-5-7-20-8-6-15/h3-4,9-10H,5-8H2,1-2H3. The zero-order valence-corrected chi connectivity index (χ0v) is 14.1. The van der Waals surface area contributed by atoms with E-state index in [1.807, 2.05) is 13.8 Å². The van der Waals surface area contributed by atoms with Crippen LogP contribution in [0.2, 0.25) is 0 Å². The second kappa shape index (κ2) is 5.77. The van der Waals surface area contributed by atoms with Crippen LogP contribution in [0.4, 0.5) is 0 Å². The normalized spacial score (nSPS) is 17.4. The summed E-state index contributed by atoms with van der Waals surface area (Å²) in [7, 11) is -3.53. The fraction of sp³-hybridized carbons (Fsp3) is 0.500. The number of aromatic nitrogens is 1. The summed E-state index contributed by atoms with van der Waals surface area (Å²) in [6.45, 7) is 5.43. The van der Waals surface area contributed by atoms with Crippen LogP contribution < -0.4 is 4.87 Å². The van der Waals surface area contributed by atoms with Gasteiger partial charge in [-0.1, -0.05) is 11.3 Å². The van der Waals surface area contributed by atoms with Crippen LogP contribution in [-0.4, -0.2) is 43.6 Å². The molecule has 8 heteroatoms. The van der Waals surface area contributed by atoms with Crippen molar-refractivity contribution in [1.29, 1.82) is 0 Å². The molecule has 0 bridgehead atoms. The summed E-state index contributed by atoms with van der Waals surface area (Å²) in [6, 6.07) is 4.95. The number of rotatable bonds is 3. The third-order valence-electron chi connectivity index (χ3n) is 3.71. The van der Waals surface area contributed by atoms with Crippen LogP contribution in [0.25, 0.3) is 10.2 Å². The Labute approximate surface area is 133 Å². The average molecular weight is 342 g/mol. The van der Waals surface area contributed by atoms with E-state index >= 15 is 0 Å². The first-order valence-corrected chi connectivity index (χ1v) is 9.40. The van der Waals surface area contributed by atoms with Gasteiger partial charge in [0.25, 0.3) is 0 Å². The number of hydrogen-bond donors (Lipinski definition) is 0. The highest BCUT2D eigenvalue weighted by molar-refractivity contribution is 7.89. The number of fused-ring (bicyclic) bond motifs is 1. The van der Waals surface area contributed by atoms with Crippen LogP contribution >= 0.6 is 11.3 Å². The Kier molecular flexibility index (Phi) is 4.11. The maximum absolute atomic E-state index is 12.6. The highest BCUT2D eigenvalue weighted by Crippen LogP contribution is 2.26. The van der Waals surface area contributed by atoms with Crippen LogP contribution in [-0.2, 0) is 14.8 Å². The molecule has 0 aliphatic carbocycles. The second-order valence-corrected chi connectivity index (χ2v) is 8.41. The number of thiazole rings is 1. The lowest BCUT2D eigenvalue weighted by Gasteiger charge is -2.26. The van der Waals surface area contributed by atoms with E-state index in [1.165, 1.54) is 4.31 Å². The van der Waals surface area contributed by atoms with E-state index in [-0.39, 0.29) is 15.8 Å². The molecule has 0 atom stereocenters. The maximum atomic E-state index is 12.6. The van der Waals surface area contributed by atoms with Crippen molar-refractivity contribution in [3.05, 3.63) is 27.9 Å². The first-order valence-electron chi connectivity index (χ1n) is 7.14. The summed E-state index contributed by atoms with van der Waals surface area (Å²) in [5, 5.41) is 0. The minimum atomic E-state index is -3.53. The molecule has 0 spiro atoms. The van der Waals surface area contributed by atoms with Crippen molar-refractivity contribution in [3.8, 4) is 0 Å². The molecule has 1 saturated heterocycles. The molecule has 22 heavy (non-hydrogen) atoms. The predicted octanol–water partition coefficient (Wildman–Crippen LogP) is 1.66. The van der Waals surface area contributed by atoms with Gasteiger partial charge in [-0.05, 0) is 32.0 Å². The minimum Gasteiger partial charge on any atom is -0.379 e. The van der Waals surface area contributed by atoms with E-state index in [0.29, 0.717) is 31.0 Å². The van der Waals surface area contributed by atoms with E-state index in [1.54, 1.807) is 22.8 Å². The van der Waals surface area contributed by atoms with E-state index in [0.717, 1.165) is 16.9 Å². The molecule has 0 unspecified atom stereocenters. The zero-order chi connectivity index (χ0) is 15.9. The van der Waals surface area contributed by atoms with Gasteiger partial charge in [-0.25, -0.2) is 8.42 Å². The van der Waals surface area contributed by atoms with Gasteiger partial charge in [0.15, 0.2) is 0 Å². The minimum absolute atomic E-state index is 0.0444. The highest BCUT2D eigenvalue weighted by atomic mass is 32.2. The molecule has 0 radical (unpaired) electrons. The predicted molar refractivity (Wildman–Crippen MR) is 86.0 cm³/mol. The number of hydrogen-bond acceptors (Lipinski definition) is 5. The molecule has 1 aliphatic heterocycles. The Balaban J connectivity index is 2.07. The summed E-state index contributed by atoms with van der Waals surface area (Å²) < 4.78 is 34.3. The van der Waals surface area contributed by atoms with Crippen molar-refractivity contribution in [1.82, 2.24) is 8.87 Å². The van der Waals surface area contributed by atoms with Crippen LogP contribution in [0.15, 0.2) is 27.9 Å². The van der Waals surface area contributed by atoms with E-state index in [9.17, 15) is 13.2 Å². The molecule has 6 nitrogen and oxygen atoms in total. The number of ether oxygens (including phenoxy) is 1. The molecule has 2 aromatic rings. The monoisotopic (exact) mass is 342 g/mol. The third-order valence-corrected chi connectivity index (χ3v) is 6.52. The molecule has 0 amide bonds. The fourth-order valence-electron chi connectivity index (χ4n) is 2.60. The Morgan fingerprint density at radius 3 is 2.55 bits per heavy atom. The molecule has 120 valence electrons. The SMILES string of the molecule is CC(C)n1c(=O)sc2cc(S(=O)(=O)N3CCOCC3)ccc21. The lowest BCUT2D eigenvalue weighted by atomic mass is 10.3. The first-order chi connectivity index (χ1) is 10.4. The summed E-state index contributed by atoms with van der Waals surface area (Å²) in [5.74, 6) is 0. The van der Waals surface area contributed by atoms with Crippen molar-refractivity contribution >= 4 is 31.6 Å². The largest absolute Gasteiger partial charge is 0.379 e. The van der Waals surface area contributed by atoms with Gasteiger partial charge < -0.3 is 4.74 Å². The highest BCUT2D eigenvalue weighted by Gasteiger charge is 2.27. The Hall–Kier alpha value is -1.22. The molecule has 1 fully saturated rings. The van der Waals surface area contributed by atoms with Crippen molar-refractivity contribution in [2.45, 2.75) is 24.8 Å². The molecule has 0 saturated carbocycles. The molecule has 1 aromatic heterocycles. The van der Waals surface area contributed by atoms with Crippen molar-refractivity contribution < 1.29 is 13.2 Å². The third kappa shape index (κ3) is 2.60. The summed E-state index contributed by atoms with van der Waals surface area (Å²) >= 11 is 1.08. The van der Waals surface area contributed by atoms with Crippen LogP contribution in [0.5, 0.6) is 0 Å². The van der Waals surface area contributed by atoms with E-state index in [4.69, 9.17) is 4.74 Å². The van der Waals surface area contributed by atoms with Gasteiger partial charge in [0, 0.05) is 19.1 Å². The molecular weight excluding hydrogens is 324 g/mol. The van der Waals surface area contributed by atoms with Gasteiger partial charge in [-0.2, -0.15) is 4.31 Å². The van der Waals surface area contributed by atoms with Crippen LogP contribution in [0.1, 0.15) is 19.9 Å². The zero-order valence-electron chi connectivity index (χ0n) is 12.5. The molecular formula is C14H18N2O4S2. The number of morpholine rings is 1. The van der Waals surface area contributed by atoms with Gasteiger partial charge in [0.1, 0.15) is 0 Å². The quantitative estimate of drug-likeness (QED) is 0.851. The van der Waals surface area contributed by atoms with Gasteiger partial charge in [-0.15, -0.1) is 0 Å². The topological polar surface area (TPSA) is 68.6 Å². The van der Waals surface area contributed by atoms with E-state index < -0.39 is 10.0 Å². The Morgan fingerprint density at radius 1 is 1.23 bits per heavy atom. The lowest BCUT2D eigenvalue weighted by molar-refractivity contribution is 0.0730. The van der Waals surface area contributed by atoms with Gasteiger partial charge in [-0.3, -0.25) is 9.36 Å². The van der Waals surface area contributed by atoms with Gasteiger partial charge in [0.2, 0.25) is 10.0 Å². The average Bonchev–Trinajstić information content (AvgIpc) is 2.83. The number of nitrogens with zero attached hydrogens (tertiary/aromatic N) is 2. The van der Waals surface area contributed by atoms with Crippen LogP contribution in [0, 0.1) is 0 Å². The Bertz CT molecular complexity index is 845. The van der Waals surface area contributed by atoms with Gasteiger partial charge in [0.05, 0.1) is 28.3 Å². The van der Waals surface area contributed by atoms with Crippen molar-refractivity contribution in [2.75, 3.05) is 26.3 Å². The molecule has 2 heterocycles. The summed E-state index contributed by atoms with van der Waals surface area (Å²) in [4.78, 5) is 12.2. The maximum Gasteiger partial charge on any atom is 0.308 e. The second-order valence-electron chi connectivity index (χ2n) is 5.48. The van der Waals surface area contributed by atoms with Crippen molar-refractivity contribution in [3.63, 3.8) is 0 Å². The fourth-order valence-corrected chi connectivity index (χ4v) is 5.16. The van der Waals surface area contributed by atoms with Crippen LogP contribution in [0.3, 0.4) is 0 Å². The first kappa shape index (κ1) is 15.7. The number of benzene rings is 1. The lowest BCUT2D eigenvalue weighted by Crippen LogP contribution is -2.40.